The molecule has 2 aromatic carbocycles. The Hall–Kier alpha value is -3.01. The number of para-hydroxylation sites is 2. The highest BCUT2D eigenvalue weighted by Gasteiger charge is 2.57. The van der Waals surface area contributed by atoms with Crippen LogP contribution in [0.1, 0.15) is 31.4 Å². The van der Waals surface area contributed by atoms with Gasteiger partial charge in [0, 0.05) is 29.6 Å². The lowest BCUT2D eigenvalue weighted by Crippen LogP contribution is -2.68. The smallest absolute Gasteiger partial charge is 0.223 e. The van der Waals surface area contributed by atoms with E-state index in [9.17, 15) is 4.79 Å². The van der Waals surface area contributed by atoms with Gasteiger partial charge in [0.15, 0.2) is 0 Å². The average molecular weight is 374 g/mol. The van der Waals surface area contributed by atoms with Gasteiger partial charge in [-0.1, -0.05) is 68.5 Å². The van der Waals surface area contributed by atoms with E-state index >= 15 is 0 Å². The molecule has 0 radical (unpaired) electrons. The second kappa shape index (κ2) is 6.86. The number of hydrogen-bond acceptors (Lipinski definition) is 3. The first-order valence-corrected chi connectivity index (χ1v) is 9.67. The highest BCUT2D eigenvalue weighted by Crippen LogP contribution is 2.52. The first-order valence-electron chi connectivity index (χ1n) is 9.67. The number of allylic oxidation sites excluding steroid dienone is 2. The van der Waals surface area contributed by atoms with E-state index in [1.807, 2.05) is 42.5 Å². The fourth-order valence-corrected chi connectivity index (χ4v) is 4.48. The molecule has 0 saturated carbocycles. The van der Waals surface area contributed by atoms with Crippen LogP contribution in [0.2, 0.25) is 0 Å². The molecule has 28 heavy (non-hydrogen) atoms. The van der Waals surface area contributed by atoms with Crippen LogP contribution in [0.5, 0.6) is 5.75 Å². The Morgan fingerprint density at radius 2 is 1.82 bits per heavy atom. The molecule has 4 rings (SSSR count). The summed E-state index contributed by atoms with van der Waals surface area (Å²) in [5.74, 6) is 0.932. The van der Waals surface area contributed by atoms with Gasteiger partial charge in [-0.3, -0.25) is 4.79 Å². The maximum atomic E-state index is 12.4. The normalized spacial score (nSPS) is 23.0. The number of nitrogens with one attached hydrogen (secondary N) is 1. The fourth-order valence-electron chi connectivity index (χ4n) is 4.48. The molecule has 0 bridgehead atoms. The molecule has 2 aliphatic heterocycles. The zero-order valence-electron chi connectivity index (χ0n) is 16.6. The molecule has 4 heteroatoms. The van der Waals surface area contributed by atoms with Crippen molar-refractivity contribution >= 4 is 17.7 Å². The minimum absolute atomic E-state index is 0.0930. The lowest BCUT2D eigenvalue weighted by molar-refractivity contribution is -0.124. The van der Waals surface area contributed by atoms with E-state index in [1.54, 1.807) is 7.11 Å². The second-order valence-electron chi connectivity index (χ2n) is 7.82. The highest BCUT2D eigenvalue weighted by molar-refractivity contribution is 5.84. The Morgan fingerprint density at radius 3 is 2.64 bits per heavy atom. The van der Waals surface area contributed by atoms with E-state index in [1.165, 1.54) is 11.3 Å². The standard InChI is InChI=1S/C24H26N2O2/c1-23(2)19-12-5-6-13-20(19)26-17-15-22(27)25-24(23,26)16-9-8-11-18-10-4-7-14-21(18)28-3/h4-14,16H,15,17H2,1-3H3,(H,25,27). The summed E-state index contributed by atoms with van der Waals surface area (Å²) in [6.07, 6.45) is 8.69. The molecule has 1 saturated heterocycles. The average Bonchev–Trinajstić information content (AvgIpc) is 2.90. The van der Waals surface area contributed by atoms with E-state index in [-0.39, 0.29) is 11.3 Å². The topological polar surface area (TPSA) is 41.6 Å². The van der Waals surface area contributed by atoms with Crippen molar-refractivity contribution in [2.75, 3.05) is 18.6 Å². The maximum Gasteiger partial charge on any atom is 0.223 e. The number of rotatable bonds is 4. The Bertz CT molecular complexity index is 961. The summed E-state index contributed by atoms with van der Waals surface area (Å²) in [5.41, 5.74) is 2.65. The molecule has 1 N–H and O–H groups in total. The predicted octanol–water partition coefficient (Wildman–Crippen LogP) is 4.28. The van der Waals surface area contributed by atoms with Crippen LogP contribution in [-0.2, 0) is 10.2 Å². The van der Waals surface area contributed by atoms with Gasteiger partial charge in [-0.05, 0) is 23.8 Å². The molecule has 0 spiro atoms. The Kier molecular flexibility index (Phi) is 4.50. The molecule has 4 nitrogen and oxygen atoms in total. The third-order valence-electron chi connectivity index (χ3n) is 6.00. The Balaban J connectivity index is 1.70. The third kappa shape index (κ3) is 2.71. The summed E-state index contributed by atoms with van der Waals surface area (Å²) in [5, 5.41) is 3.29. The largest absolute Gasteiger partial charge is 0.496 e. The van der Waals surface area contributed by atoms with Gasteiger partial charge in [0.05, 0.1) is 7.11 Å². The minimum atomic E-state index is -0.572. The van der Waals surface area contributed by atoms with E-state index in [2.05, 4.69) is 54.4 Å². The number of hydrogen-bond donors (Lipinski definition) is 1. The summed E-state index contributed by atoms with van der Waals surface area (Å²) < 4.78 is 5.41. The molecule has 144 valence electrons. The number of anilines is 1. The third-order valence-corrected chi connectivity index (χ3v) is 6.00. The monoisotopic (exact) mass is 374 g/mol. The minimum Gasteiger partial charge on any atom is -0.496 e. The molecule has 1 amide bonds. The summed E-state index contributed by atoms with van der Waals surface area (Å²) in [6, 6.07) is 16.4. The zero-order valence-corrected chi connectivity index (χ0v) is 16.6. The van der Waals surface area contributed by atoms with Crippen LogP contribution in [0.15, 0.2) is 66.8 Å². The molecule has 0 aliphatic carbocycles. The van der Waals surface area contributed by atoms with Crippen LogP contribution in [0, 0.1) is 0 Å². The molecule has 1 fully saturated rings. The van der Waals surface area contributed by atoms with Crippen LogP contribution < -0.4 is 15.0 Å². The molecule has 2 heterocycles. The van der Waals surface area contributed by atoms with E-state index in [0.29, 0.717) is 13.0 Å². The number of nitrogens with zero attached hydrogens (tertiary/aromatic N) is 1. The van der Waals surface area contributed by atoms with Crippen molar-refractivity contribution < 1.29 is 9.53 Å². The predicted molar refractivity (Wildman–Crippen MR) is 113 cm³/mol. The van der Waals surface area contributed by atoms with Gasteiger partial charge in [0.1, 0.15) is 11.4 Å². The molecule has 1 atom stereocenters. The van der Waals surface area contributed by atoms with Gasteiger partial charge < -0.3 is 15.0 Å². The van der Waals surface area contributed by atoms with Crippen LogP contribution in [0.3, 0.4) is 0 Å². The van der Waals surface area contributed by atoms with Crippen LogP contribution in [-0.4, -0.2) is 25.2 Å². The van der Waals surface area contributed by atoms with Gasteiger partial charge in [0.2, 0.25) is 5.91 Å². The number of amides is 1. The lowest BCUT2D eigenvalue weighted by Gasteiger charge is -2.49. The molecule has 2 aliphatic rings. The van der Waals surface area contributed by atoms with Crippen LogP contribution >= 0.6 is 0 Å². The molecular formula is C24H26N2O2. The zero-order chi connectivity index (χ0) is 19.8. The summed E-state index contributed by atoms with van der Waals surface area (Å²) in [6.45, 7) is 5.12. The fraction of sp³-hybridized carbons (Fsp3) is 0.292. The Morgan fingerprint density at radius 1 is 1.07 bits per heavy atom. The molecular weight excluding hydrogens is 348 g/mol. The van der Waals surface area contributed by atoms with Crippen molar-refractivity contribution in [3.05, 3.63) is 77.9 Å². The van der Waals surface area contributed by atoms with Crippen molar-refractivity contribution in [2.24, 2.45) is 0 Å². The van der Waals surface area contributed by atoms with Crippen LogP contribution in [0.4, 0.5) is 5.69 Å². The van der Waals surface area contributed by atoms with E-state index in [4.69, 9.17) is 4.74 Å². The van der Waals surface area contributed by atoms with Crippen molar-refractivity contribution in [1.29, 1.82) is 0 Å². The van der Waals surface area contributed by atoms with Gasteiger partial charge in [-0.15, -0.1) is 0 Å². The van der Waals surface area contributed by atoms with E-state index in [0.717, 1.165) is 11.3 Å². The number of benzene rings is 2. The van der Waals surface area contributed by atoms with Gasteiger partial charge >= 0.3 is 0 Å². The molecule has 0 aromatic heterocycles. The number of fused-ring (bicyclic) bond motifs is 3. The summed E-state index contributed by atoms with van der Waals surface area (Å²) in [7, 11) is 1.68. The number of methoxy groups -OCH3 is 1. The van der Waals surface area contributed by atoms with E-state index < -0.39 is 5.66 Å². The Labute approximate surface area is 166 Å². The molecule has 1 unspecified atom stereocenters. The van der Waals surface area contributed by atoms with Crippen molar-refractivity contribution in [2.45, 2.75) is 31.3 Å². The maximum absolute atomic E-state index is 12.4. The summed E-state index contributed by atoms with van der Waals surface area (Å²) in [4.78, 5) is 14.7. The number of carbonyl (C=O) groups excluding carboxylic acids is 1. The second-order valence-corrected chi connectivity index (χ2v) is 7.82. The highest BCUT2D eigenvalue weighted by atomic mass is 16.5. The lowest BCUT2D eigenvalue weighted by atomic mass is 9.74. The van der Waals surface area contributed by atoms with Gasteiger partial charge in [-0.2, -0.15) is 0 Å². The number of ether oxygens (including phenoxy) is 1. The number of carbonyl (C=O) groups is 1. The first-order chi connectivity index (χ1) is 13.5. The first kappa shape index (κ1) is 18.4. The van der Waals surface area contributed by atoms with Gasteiger partial charge in [-0.25, -0.2) is 0 Å². The summed E-state index contributed by atoms with van der Waals surface area (Å²) >= 11 is 0. The van der Waals surface area contributed by atoms with Crippen molar-refractivity contribution in [3.63, 3.8) is 0 Å². The van der Waals surface area contributed by atoms with Crippen molar-refractivity contribution in [3.8, 4) is 5.75 Å². The quantitative estimate of drug-likeness (QED) is 0.812. The van der Waals surface area contributed by atoms with Gasteiger partial charge in [0.25, 0.3) is 0 Å². The van der Waals surface area contributed by atoms with Crippen LogP contribution in [0.25, 0.3) is 6.08 Å². The SMILES string of the molecule is COc1ccccc1C=CC=CC12NC(=O)CCN1c1ccccc1C2(C)C. The molecule has 2 aromatic rings. The van der Waals surface area contributed by atoms with Crippen molar-refractivity contribution in [1.82, 2.24) is 5.32 Å².